The molecule has 0 saturated heterocycles. The minimum absolute atomic E-state index is 0.207. The van der Waals surface area contributed by atoms with Crippen LogP contribution in [0.15, 0.2) is 72.8 Å². The number of fused-ring (bicyclic) bond motifs is 2. The highest BCUT2D eigenvalue weighted by atomic mass is 16.2. The molecule has 2 aliphatic rings. The van der Waals surface area contributed by atoms with Gasteiger partial charge in [0.15, 0.2) is 0 Å². The van der Waals surface area contributed by atoms with Crippen LogP contribution in [-0.4, -0.2) is 46.5 Å². The average molecular weight is 452 g/mol. The van der Waals surface area contributed by atoms with E-state index in [1.807, 2.05) is 12.1 Å². The van der Waals surface area contributed by atoms with Crippen LogP contribution in [0, 0.1) is 22.7 Å². The summed E-state index contributed by atoms with van der Waals surface area (Å²) in [5.41, 5.74) is 2.45. The van der Waals surface area contributed by atoms with Gasteiger partial charge in [-0.25, -0.2) is 0 Å². The van der Waals surface area contributed by atoms with Gasteiger partial charge in [-0.1, -0.05) is 37.4 Å². The van der Waals surface area contributed by atoms with Crippen LogP contribution in [0.1, 0.15) is 54.3 Å². The Hall–Kier alpha value is -4.82. The van der Waals surface area contributed by atoms with E-state index in [0.29, 0.717) is 46.2 Å². The molecule has 2 aromatic carbocycles. The Bertz CT molecular complexity index is 1140. The summed E-state index contributed by atoms with van der Waals surface area (Å²) in [6.45, 7) is 7.46. The topological polar surface area (TPSA) is 122 Å². The van der Waals surface area contributed by atoms with E-state index in [4.69, 9.17) is 10.5 Å². The molecule has 168 valence electrons. The molecule has 4 rings (SSSR count). The van der Waals surface area contributed by atoms with Gasteiger partial charge in [-0.3, -0.25) is 29.0 Å². The SMILES string of the molecule is C=C(C#N)CCN1C(=O)c2ccccc2C1=O.C=C(C#N)CCN1C(=O)c2ccccc2C1=O. The van der Waals surface area contributed by atoms with Gasteiger partial charge in [-0.2, -0.15) is 10.5 Å². The summed E-state index contributed by atoms with van der Waals surface area (Å²) in [7, 11) is 0. The predicted molar refractivity (Wildman–Crippen MR) is 122 cm³/mol. The second-order valence-corrected chi connectivity index (χ2v) is 7.55. The zero-order chi connectivity index (χ0) is 24.8. The van der Waals surface area contributed by atoms with E-state index in [1.165, 1.54) is 0 Å². The highest BCUT2D eigenvalue weighted by molar-refractivity contribution is 6.22. The molecule has 0 spiro atoms. The standard InChI is InChI=1S/2C13H10N2O2/c2*1-9(8-14)6-7-15-12(16)10-4-2-3-5-11(10)13(15)17/h2*2-5H,1,6-7H2. The van der Waals surface area contributed by atoms with Crippen LogP contribution in [0.5, 0.6) is 0 Å². The molecule has 0 radical (unpaired) electrons. The summed E-state index contributed by atoms with van der Waals surface area (Å²) >= 11 is 0. The Labute approximate surface area is 196 Å². The lowest BCUT2D eigenvalue weighted by atomic mass is 10.1. The van der Waals surface area contributed by atoms with E-state index in [9.17, 15) is 19.2 Å². The quantitative estimate of drug-likeness (QED) is 0.488. The number of carbonyl (C=O) groups excluding carboxylic acids is 4. The predicted octanol–water partition coefficient (Wildman–Crippen LogP) is 3.50. The first-order chi connectivity index (χ1) is 16.3. The van der Waals surface area contributed by atoms with Gasteiger partial charge in [0.05, 0.1) is 34.4 Å². The van der Waals surface area contributed by atoms with Crippen molar-refractivity contribution < 1.29 is 19.2 Å². The van der Waals surface area contributed by atoms with Gasteiger partial charge in [0.2, 0.25) is 0 Å². The minimum Gasteiger partial charge on any atom is -0.274 e. The van der Waals surface area contributed by atoms with Gasteiger partial charge in [0.25, 0.3) is 23.6 Å². The fourth-order valence-electron chi connectivity index (χ4n) is 3.49. The van der Waals surface area contributed by atoms with Gasteiger partial charge in [0, 0.05) is 24.2 Å². The minimum atomic E-state index is -0.295. The Morgan fingerprint density at radius 3 is 1.12 bits per heavy atom. The number of rotatable bonds is 6. The van der Waals surface area contributed by atoms with Crippen molar-refractivity contribution in [2.75, 3.05) is 13.1 Å². The van der Waals surface area contributed by atoms with E-state index in [0.717, 1.165) is 9.80 Å². The molecule has 2 heterocycles. The number of carbonyl (C=O) groups is 4. The number of hydrogen-bond donors (Lipinski definition) is 0. The van der Waals surface area contributed by atoms with Gasteiger partial charge >= 0.3 is 0 Å². The summed E-state index contributed by atoms with van der Waals surface area (Å²) in [5, 5.41) is 17.2. The van der Waals surface area contributed by atoms with E-state index in [1.54, 1.807) is 48.5 Å². The van der Waals surface area contributed by atoms with Crippen LogP contribution in [0.4, 0.5) is 0 Å². The monoisotopic (exact) mass is 452 g/mol. The summed E-state index contributed by atoms with van der Waals surface area (Å²) in [5.74, 6) is -1.18. The highest BCUT2D eigenvalue weighted by Crippen LogP contribution is 2.24. The maximum atomic E-state index is 11.9. The van der Waals surface area contributed by atoms with Gasteiger partial charge < -0.3 is 0 Å². The van der Waals surface area contributed by atoms with Crippen molar-refractivity contribution >= 4 is 23.6 Å². The first-order valence-corrected chi connectivity index (χ1v) is 10.4. The van der Waals surface area contributed by atoms with Crippen LogP contribution in [0.25, 0.3) is 0 Å². The third-order valence-electron chi connectivity index (χ3n) is 5.35. The third kappa shape index (κ3) is 4.67. The molecule has 0 bridgehead atoms. The van der Waals surface area contributed by atoms with E-state index in [-0.39, 0.29) is 36.7 Å². The first-order valence-electron chi connectivity index (χ1n) is 10.4. The molecule has 2 aromatic rings. The molecule has 0 aliphatic carbocycles. The molecule has 0 fully saturated rings. The molecule has 0 N–H and O–H groups in total. The average Bonchev–Trinajstić information content (AvgIpc) is 3.26. The van der Waals surface area contributed by atoms with Crippen molar-refractivity contribution in [1.82, 2.24) is 9.80 Å². The molecule has 0 unspecified atom stereocenters. The Kier molecular flexibility index (Phi) is 7.15. The third-order valence-corrected chi connectivity index (χ3v) is 5.35. The zero-order valence-electron chi connectivity index (χ0n) is 18.3. The maximum Gasteiger partial charge on any atom is 0.261 e. The summed E-state index contributed by atoms with van der Waals surface area (Å²) in [6.07, 6.45) is 0.643. The van der Waals surface area contributed by atoms with Gasteiger partial charge in [-0.05, 0) is 37.1 Å². The molecule has 0 atom stereocenters. The highest BCUT2D eigenvalue weighted by Gasteiger charge is 2.35. The van der Waals surface area contributed by atoms with Crippen molar-refractivity contribution in [1.29, 1.82) is 10.5 Å². The molecular formula is C26H20N4O4. The largest absolute Gasteiger partial charge is 0.274 e. The van der Waals surface area contributed by atoms with Crippen molar-refractivity contribution in [3.63, 3.8) is 0 Å². The lowest BCUT2D eigenvalue weighted by Gasteiger charge is -2.12. The Morgan fingerprint density at radius 2 is 0.882 bits per heavy atom. The maximum absolute atomic E-state index is 11.9. The Morgan fingerprint density at radius 1 is 0.618 bits per heavy atom. The molecule has 8 heteroatoms. The fourth-order valence-corrected chi connectivity index (χ4v) is 3.49. The van der Waals surface area contributed by atoms with Crippen LogP contribution >= 0.6 is 0 Å². The number of imide groups is 2. The molecule has 2 aliphatic heterocycles. The molecular weight excluding hydrogens is 432 g/mol. The number of nitriles is 2. The smallest absolute Gasteiger partial charge is 0.261 e. The number of nitrogens with zero attached hydrogens (tertiary/aromatic N) is 4. The fraction of sp³-hybridized carbons (Fsp3) is 0.154. The molecule has 34 heavy (non-hydrogen) atoms. The normalized spacial score (nSPS) is 13.5. The van der Waals surface area contributed by atoms with Crippen molar-refractivity contribution in [3.05, 3.63) is 95.1 Å². The number of amides is 4. The molecule has 4 amide bonds. The van der Waals surface area contributed by atoms with Crippen LogP contribution < -0.4 is 0 Å². The summed E-state index contributed by atoms with van der Waals surface area (Å²) < 4.78 is 0. The van der Waals surface area contributed by atoms with Gasteiger partial charge in [0.1, 0.15) is 0 Å². The molecule has 0 saturated carbocycles. The van der Waals surface area contributed by atoms with E-state index < -0.39 is 0 Å². The van der Waals surface area contributed by atoms with Crippen LogP contribution in [-0.2, 0) is 0 Å². The molecule has 0 aromatic heterocycles. The lowest BCUT2D eigenvalue weighted by Crippen LogP contribution is -2.30. The molecule has 8 nitrogen and oxygen atoms in total. The summed E-state index contributed by atoms with van der Waals surface area (Å²) in [6, 6.07) is 17.2. The van der Waals surface area contributed by atoms with Crippen molar-refractivity contribution in [3.8, 4) is 12.1 Å². The first kappa shape index (κ1) is 23.8. The summed E-state index contributed by atoms with van der Waals surface area (Å²) in [4.78, 5) is 49.9. The van der Waals surface area contributed by atoms with Crippen molar-refractivity contribution in [2.24, 2.45) is 0 Å². The van der Waals surface area contributed by atoms with E-state index >= 15 is 0 Å². The second kappa shape index (κ2) is 10.2. The Balaban J connectivity index is 0.000000191. The van der Waals surface area contributed by atoms with Gasteiger partial charge in [-0.15, -0.1) is 0 Å². The second-order valence-electron chi connectivity index (χ2n) is 7.55. The lowest BCUT2D eigenvalue weighted by molar-refractivity contribution is 0.0641. The van der Waals surface area contributed by atoms with E-state index in [2.05, 4.69) is 13.2 Å². The number of hydrogen-bond acceptors (Lipinski definition) is 6. The zero-order valence-corrected chi connectivity index (χ0v) is 18.3. The van der Waals surface area contributed by atoms with Crippen LogP contribution in [0.2, 0.25) is 0 Å². The van der Waals surface area contributed by atoms with Crippen molar-refractivity contribution in [2.45, 2.75) is 12.8 Å². The number of benzene rings is 2. The van der Waals surface area contributed by atoms with Crippen LogP contribution in [0.3, 0.4) is 0 Å².